The van der Waals surface area contributed by atoms with Gasteiger partial charge in [-0.3, -0.25) is 4.79 Å². The number of nitrogens with zero attached hydrogens (tertiary/aromatic N) is 1. The highest BCUT2D eigenvalue weighted by molar-refractivity contribution is 7.13. The second-order valence-electron chi connectivity index (χ2n) is 7.33. The molecule has 0 unspecified atom stereocenters. The van der Waals surface area contributed by atoms with Crippen molar-refractivity contribution in [3.05, 3.63) is 75.7 Å². The zero-order valence-electron chi connectivity index (χ0n) is 17.2. The molecular formula is C23H21N3O5S. The lowest BCUT2D eigenvalue weighted by Gasteiger charge is -2.17. The first-order chi connectivity index (χ1) is 15.4. The smallest absolute Gasteiger partial charge is 0.407 e. The number of aromatic carboxylic acids is 1. The molecule has 0 saturated carbocycles. The Morgan fingerprint density at radius 3 is 2.31 bits per heavy atom. The average Bonchev–Trinajstić information content (AvgIpc) is 3.39. The highest BCUT2D eigenvalue weighted by atomic mass is 32.1. The molecule has 0 spiro atoms. The van der Waals surface area contributed by atoms with E-state index in [2.05, 4.69) is 27.8 Å². The van der Waals surface area contributed by atoms with Crippen LogP contribution in [-0.2, 0) is 16.1 Å². The van der Waals surface area contributed by atoms with Gasteiger partial charge in [-0.2, -0.15) is 0 Å². The fraction of sp³-hybridized carbons (Fsp3) is 0.217. The van der Waals surface area contributed by atoms with E-state index in [4.69, 9.17) is 9.84 Å². The molecule has 0 aliphatic heterocycles. The number of hydrogen-bond acceptors (Lipinski definition) is 6. The molecule has 1 atom stereocenters. The van der Waals surface area contributed by atoms with Crippen molar-refractivity contribution in [2.45, 2.75) is 25.4 Å². The molecule has 164 valence electrons. The van der Waals surface area contributed by atoms with E-state index >= 15 is 0 Å². The van der Waals surface area contributed by atoms with Gasteiger partial charge in [0.1, 0.15) is 22.5 Å². The Morgan fingerprint density at radius 2 is 1.72 bits per heavy atom. The van der Waals surface area contributed by atoms with Gasteiger partial charge >= 0.3 is 12.1 Å². The van der Waals surface area contributed by atoms with Crippen LogP contribution in [0.3, 0.4) is 0 Å². The summed E-state index contributed by atoms with van der Waals surface area (Å²) in [6.07, 6.45) is 0.560. The normalized spacial score (nSPS) is 13.0. The van der Waals surface area contributed by atoms with E-state index in [1.807, 2.05) is 36.4 Å². The van der Waals surface area contributed by atoms with E-state index in [0.29, 0.717) is 5.01 Å². The molecule has 2 amide bonds. The second-order valence-corrected chi connectivity index (χ2v) is 8.45. The number of rotatable bonds is 7. The summed E-state index contributed by atoms with van der Waals surface area (Å²) in [6.45, 7) is 1.78. The fourth-order valence-electron chi connectivity index (χ4n) is 3.69. The number of alkyl carbamates (subject to hydrolysis) is 1. The Bertz CT molecular complexity index is 1130. The number of carboxylic acids is 1. The molecule has 2 aromatic carbocycles. The molecule has 0 saturated heterocycles. The van der Waals surface area contributed by atoms with E-state index in [9.17, 15) is 14.4 Å². The fourth-order valence-corrected chi connectivity index (χ4v) is 4.39. The Kier molecular flexibility index (Phi) is 6.18. The Labute approximate surface area is 188 Å². The van der Waals surface area contributed by atoms with Crippen LogP contribution in [0, 0.1) is 0 Å². The number of amides is 2. The third-order valence-electron chi connectivity index (χ3n) is 5.25. The van der Waals surface area contributed by atoms with E-state index < -0.39 is 24.0 Å². The summed E-state index contributed by atoms with van der Waals surface area (Å²) < 4.78 is 5.45. The second kappa shape index (κ2) is 9.19. The molecule has 1 heterocycles. The number of thiazole rings is 1. The number of aromatic nitrogens is 1. The Balaban J connectivity index is 1.30. The maximum atomic E-state index is 12.3. The van der Waals surface area contributed by atoms with Crippen molar-refractivity contribution in [1.82, 2.24) is 15.6 Å². The predicted octanol–water partition coefficient (Wildman–Crippen LogP) is 3.38. The summed E-state index contributed by atoms with van der Waals surface area (Å²) in [7, 11) is 0. The zero-order valence-corrected chi connectivity index (χ0v) is 18.0. The number of carbonyl (C=O) groups excluding carboxylic acids is 2. The predicted molar refractivity (Wildman–Crippen MR) is 119 cm³/mol. The summed E-state index contributed by atoms with van der Waals surface area (Å²) in [5.41, 5.74) is 4.49. The summed E-state index contributed by atoms with van der Waals surface area (Å²) in [5, 5.41) is 14.5. The summed E-state index contributed by atoms with van der Waals surface area (Å²) >= 11 is 0.982. The first kappa shape index (κ1) is 21.5. The molecule has 4 rings (SSSR count). The van der Waals surface area contributed by atoms with E-state index in [1.54, 1.807) is 6.92 Å². The lowest BCUT2D eigenvalue weighted by Crippen LogP contribution is -2.45. The molecule has 9 heteroatoms. The number of fused-ring (bicyclic) bond motifs is 3. The minimum absolute atomic E-state index is 0.0642. The third-order valence-corrected chi connectivity index (χ3v) is 6.23. The SMILES string of the molecule is C[C@H](NC(=O)OCC1c2ccccc2-c2ccccc21)C(=O)NCc1ncc(C(=O)O)s1. The standard InChI is InChI=1S/C23H21N3O5S/c1-13(21(27)25-11-20-24-10-19(32-20)22(28)29)26-23(30)31-12-18-16-8-4-2-6-14(16)15-7-3-5-9-17(15)18/h2-10,13,18H,11-12H2,1H3,(H,25,27)(H,26,30)(H,28,29)/t13-/m0/s1. The highest BCUT2D eigenvalue weighted by Gasteiger charge is 2.29. The van der Waals surface area contributed by atoms with Crippen molar-refractivity contribution in [2.75, 3.05) is 6.61 Å². The molecule has 8 nitrogen and oxygen atoms in total. The van der Waals surface area contributed by atoms with Gasteiger partial charge in [-0.1, -0.05) is 48.5 Å². The minimum Gasteiger partial charge on any atom is -0.477 e. The van der Waals surface area contributed by atoms with Crippen molar-refractivity contribution >= 4 is 29.3 Å². The summed E-state index contributed by atoms with van der Waals surface area (Å²) in [5.74, 6) is -1.55. The van der Waals surface area contributed by atoms with Crippen LogP contribution in [0.15, 0.2) is 54.7 Å². The first-order valence-corrected chi connectivity index (χ1v) is 10.8. The van der Waals surface area contributed by atoms with Crippen LogP contribution in [0.4, 0.5) is 4.79 Å². The summed E-state index contributed by atoms with van der Waals surface area (Å²) in [6, 6.07) is 15.3. The van der Waals surface area contributed by atoms with Gasteiger partial charge < -0.3 is 20.5 Å². The van der Waals surface area contributed by atoms with E-state index in [1.165, 1.54) is 6.20 Å². The third kappa shape index (κ3) is 4.47. The van der Waals surface area contributed by atoms with Crippen LogP contribution in [0.1, 0.15) is 38.6 Å². The Hall–Kier alpha value is -3.72. The van der Waals surface area contributed by atoms with Crippen molar-refractivity contribution in [3.8, 4) is 11.1 Å². The Morgan fingerprint density at radius 1 is 1.09 bits per heavy atom. The molecule has 0 radical (unpaired) electrons. The van der Waals surface area contributed by atoms with Crippen molar-refractivity contribution < 1.29 is 24.2 Å². The highest BCUT2D eigenvalue weighted by Crippen LogP contribution is 2.44. The minimum atomic E-state index is -1.06. The van der Waals surface area contributed by atoms with Gasteiger partial charge in [-0.25, -0.2) is 14.6 Å². The van der Waals surface area contributed by atoms with Gasteiger partial charge in [0.05, 0.1) is 12.7 Å². The van der Waals surface area contributed by atoms with Gasteiger partial charge in [0, 0.05) is 5.92 Å². The molecular weight excluding hydrogens is 430 g/mol. The maximum absolute atomic E-state index is 12.3. The van der Waals surface area contributed by atoms with Gasteiger partial charge in [0.25, 0.3) is 0 Å². The molecule has 3 N–H and O–H groups in total. The summed E-state index contributed by atoms with van der Waals surface area (Å²) in [4.78, 5) is 39.5. The molecule has 32 heavy (non-hydrogen) atoms. The lowest BCUT2D eigenvalue weighted by atomic mass is 9.98. The van der Waals surface area contributed by atoms with Gasteiger partial charge in [-0.05, 0) is 29.2 Å². The number of carboxylic acid groups (broad SMARTS) is 1. The van der Waals surface area contributed by atoms with E-state index in [0.717, 1.165) is 33.6 Å². The molecule has 0 bridgehead atoms. The van der Waals surface area contributed by atoms with Crippen LogP contribution >= 0.6 is 11.3 Å². The van der Waals surface area contributed by atoms with Gasteiger partial charge in [0.2, 0.25) is 5.91 Å². The molecule has 1 aromatic heterocycles. The van der Waals surface area contributed by atoms with Crippen molar-refractivity contribution in [3.63, 3.8) is 0 Å². The van der Waals surface area contributed by atoms with Crippen LogP contribution in [-0.4, -0.2) is 40.7 Å². The topological polar surface area (TPSA) is 118 Å². The van der Waals surface area contributed by atoms with Crippen LogP contribution in [0.25, 0.3) is 11.1 Å². The number of benzene rings is 2. The molecule has 3 aromatic rings. The van der Waals surface area contributed by atoms with Crippen molar-refractivity contribution in [1.29, 1.82) is 0 Å². The largest absolute Gasteiger partial charge is 0.477 e. The maximum Gasteiger partial charge on any atom is 0.407 e. The molecule has 1 aliphatic rings. The first-order valence-electron chi connectivity index (χ1n) is 10.0. The number of carbonyl (C=O) groups is 3. The van der Waals surface area contributed by atoms with E-state index in [-0.39, 0.29) is 23.9 Å². The monoisotopic (exact) mass is 451 g/mol. The van der Waals surface area contributed by atoms with Crippen LogP contribution in [0.5, 0.6) is 0 Å². The number of nitrogens with one attached hydrogen (secondary N) is 2. The molecule has 0 fully saturated rings. The van der Waals surface area contributed by atoms with Crippen LogP contribution < -0.4 is 10.6 Å². The quantitative estimate of drug-likeness (QED) is 0.507. The van der Waals surface area contributed by atoms with Crippen molar-refractivity contribution in [2.24, 2.45) is 0 Å². The average molecular weight is 452 g/mol. The lowest BCUT2D eigenvalue weighted by molar-refractivity contribution is -0.122. The number of ether oxygens (including phenoxy) is 1. The zero-order chi connectivity index (χ0) is 22.7. The molecule has 1 aliphatic carbocycles. The number of hydrogen-bond donors (Lipinski definition) is 3. The van der Waals surface area contributed by atoms with Gasteiger partial charge in [0.15, 0.2) is 0 Å². The van der Waals surface area contributed by atoms with Crippen LogP contribution in [0.2, 0.25) is 0 Å². The van der Waals surface area contributed by atoms with Gasteiger partial charge in [-0.15, -0.1) is 11.3 Å².